The summed E-state index contributed by atoms with van der Waals surface area (Å²) in [5.41, 5.74) is 7.66. The van der Waals surface area contributed by atoms with Crippen LogP contribution in [0.2, 0.25) is 0 Å². The van der Waals surface area contributed by atoms with Gasteiger partial charge in [-0.05, 0) is 25.5 Å². The van der Waals surface area contributed by atoms with Crippen molar-refractivity contribution in [2.24, 2.45) is 5.73 Å². The topological polar surface area (TPSA) is 63.3 Å². The Morgan fingerprint density at radius 1 is 1.54 bits per heavy atom. The summed E-state index contributed by atoms with van der Waals surface area (Å²) < 4.78 is 0. The summed E-state index contributed by atoms with van der Waals surface area (Å²) >= 11 is 0. The van der Waals surface area contributed by atoms with Gasteiger partial charge < -0.3 is 10.8 Å². The molecule has 70 valence electrons. The van der Waals surface area contributed by atoms with Gasteiger partial charge in [0.2, 0.25) is 0 Å². The van der Waals surface area contributed by atoms with Gasteiger partial charge in [-0.25, -0.2) is 4.79 Å². The molecule has 0 aliphatic heterocycles. The van der Waals surface area contributed by atoms with E-state index in [0.717, 1.165) is 5.56 Å². The van der Waals surface area contributed by atoms with Crippen molar-refractivity contribution in [1.29, 1.82) is 0 Å². The van der Waals surface area contributed by atoms with Crippen molar-refractivity contribution in [3.05, 3.63) is 34.9 Å². The largest absolute Gasteiger partial charge is 0.478 e. The lowest BCUT2D eigenvalue weighted by atomic mass is 10.00. The molecule has 3 nitrogen and oxygen atoms in total. The number of carboxylic acid groups (broad SMARTS) is 1. The van der Waals surface area contributed by atoms with E-state index in [1.807, 2.05) is 13.0 Å². The number of carboxylic acids is 1. The molecule has 1 aromatic carbocycles. The van der Waals surface area contributed by atoms with E-state index in [1.54, 1.807) is 19.1 Å². The van der Waals surface area contributed by atoms with Crippen LogP contribution < -0.4 is 5.73 Å². The number of aryl methyl sites for hydroxylation is 1. The number of rotatable bonds is 2. The molecule has 0 aliphatic rings. The SMILES string of the molecule is Cc1ccc(C(=O)O)c([C@@H](C)N)c1. The van der Waals surface area contributed by atoms with Crippen molar-refractivity contribution in [2.45, 2.75) is 19.9 Å². The zero-order chi connectivity index (χ0) is 10.0. The molecule has 0 heterocycles. The number of carbonyl (C=O) groups is 1. The van der Waals surface area contributed by atoms with Gasteiger partial charge in [0.15, 0.2) is 0 Å². The monoisotopic (exact) mass is 179 g/mol. The lowest BCUT2D eigenvalue weighted by Crippen LogP contribution is -2.11. The molecule has 0 bridgehead atoms. The molecule has 0 fully saturated rings. The summed E-state index contributed by atoms with van der Waals surface area (Å²) in [7, 11) is 0. The predicted octanol–water partition coefficient (Wildman–Crippen LogP) is 1.71. The van der Waals surface area contributed by atoms with E-state index in [1.165, 1.54) is 0 Å². The first-order chi connectivity index (χ1) is 6.02. The maximum Gasteiger partial charge on any atom is 0.336 e. The van der Waals surface area contributed by atoms with Gasteiger partial charge in [0.05, 0.1) is 5.56 Å². The number of hydrogen-bond donors (Lipinski definition) is 2. The van der Waals surface area contributed by atoms with Gasteiger partial charge in [-0.1, -0.05) is 17.7 Å². The molecular formula is C10H13NO2. The molecule has 1 atom stereocenters. The molecule has 0 saturated carbocycles. The van der Waals surface area contributed by atoms with Crippen LogP contribution >= 0.6 is 0 Å². The second-order valence-electron chi connectivity index (χ2n) is 3.18. The molecular weight excluding hydrogens is 166 g/mol. The molecule has 3 heteroatoms. The van der Waals surface area contributed by atoms with Crippen LogP contribution in [0.3, 0.4) is 0 Å². The van der Waals surface area contributed by atoms with Crippen LogP contribution in [0.25, 0.3) is 0 Å². The van der Waals surface area contributed by atoms with Crippen LogP contribution in [0, 0.1) is 6.92 Å². The van der Waals surface area contributed by atoms with E-state index in [4.69, 9.17) is 10.8 Å². The first-order valence-electron chi connectivity index (χ1n) is 4.12. The fourth-order valence-electron chi connectivity index (χ4n) is 1.25. The summed E-state index contributed by atoms with van der Waals surface area (Å²) in [4.78, 5) is 10.8. The van der Waals surface area contributed by atoms with Gasteiger partial charge in [0.1, 0.15) is 0 Å². The third-order valence-corrected chi connectivity index (χ3v) is 1.93. The molecule has 13 heavy (non-hydrogen) atoms. The maximum atomic E-state index is 10.8. The first kappa shape index (κ1) is 9.74. The Kier molecular flexibility index (Phi) is 2.68. The van der Waals surface area contributed by atoms with Crippen molar-refractivity contribution < 1.29 is 9.90 Å². The van der Waals surface area contributed by atoms with Crippen molar-refractivity contribution >= 4 is 5.97 Å². The summed E-state index contributed by atoms with van der Waals surface area (Å²) in [5.74, 6) is -0.924. The van der Waals surface area contributed by atoms with Gasteiger partial charge in [-0.2, -0.15) is 0 Å². The molecule has 3 N–H and O–H groups in total. The molecule has 0 aromatic heterocycles. The van der Waals surface area contributed by atoms with Crippen LogP contribution in [0.4, 0.5) is 0 Å². The van der Waals surface area contributed by atoms with E-state index in [2.05, 4.69) is 0 Å². The number of hydrogen-bond acceptors (Lipinski definition) is 2. The lowest BCUT2D eigenvalue weighted by Gasteiger charge is -2.10. The van der Waals surface area contributed by atoms with Crippen LogP contribution in [0.15, 0.2) is 18.2 Å². The highest BCUT2D eigenvalue weighted by atomic mass is 16.4. The zero-order valence-electron chi connectivity index (χ0n) is 7.74. The molecule has 0 spiro atoms. The summed E-state index contributed by atoms with van der Waals surface area (Å²) in [5, 5.41) is 8.85. The molecule has 0 unspecified atom stereocenters. The first-order valence-corrected chi connectivity index (χ1v) is 4.12. The van der Waals surface area contributed by atoms with Crippen molar-refractivity contribution in [1.82, 2.24) is 0 Å². The lowest BCUT2D eigenvalue weighted by molar-refractivity contribution is 0.0695. The summed E-state index contributed by atoms with van der Waals surface area (Å²) in [6, 6.07) is 4.94. The third kappa shape index (κ3) is 2.06. The second-order valence-corrected chi connectivity index (χ2v) is 3.18. The van der Waals surface area contributed by atoms with Gasteiger partial charge >= 0.3 is 5.97 Å². The minimum Gasteiger partial charge on any atom is -0.478 e. The molecule has 0 aliphatic carbocycles. The van der Waals surface area contributed by atoms with E-state index >= 15 is 0 Å². The Morgan fingerprint density at radius 2 is 2.15 bits per heavy atom. The zero-order valence-corrected chi connectivity index (χ0v) is 7.74. The number of aromatic carboxylic acids is 1. The predicted molar refractivity (Wildman–Crippen MR) is 50.7 cm³/mol. The highest BCUT2D eigenvalue weighted by Crippen LogP contribution is 2.17. The standard InChI is InChI=1S/C10H13NO2/c1-6-3-4-8(10(12)13)9(5-6)7(2)11/h3-5,7H,11H2,1-2H3,(H,12,13)/t7-/m1/s1. The fourth-order valence-corrected chi connectivity index (χ4v) is 1.25. The van der Waals surface area contributed by atoms with Crippen molar-refractivity contribution in [2.75, 3.05) is 0 Å². The van der Waals surface area contributed by atoms with E-state index in [0.29, 0.717) is 11.1 Å². The second kappa shape index (κ2) is 3.58. The van der Waals surface area contributed by atoms with Crippen molar-refractivity contribution in [3.63, 3.8) is 0 Å². The minimum atomic E-state index is -0.924. The van der Waals surface area contributed by atoms with E-state index < -0.39 is 5.97 Å². The molecule has 0 radical (unpaired) electrons. The average molecular weight is 179 g/mol. The summed E-state index contributed by atoms with van der Waals surface area (Å²) in [6.45, 7) is 3.69. The Balaban J connectivity index is 3.26. The van der Waals surface area contributed by atoms with Gasteiger partial charge in [0.25, 0.3) is 0 Å². The summed E-state index contributed by atoms with van der Waals surface area (Å²) in [6.07, 6.45) is 0. The van der Waals surface area contributed by atoms with Crippen LogP contribution in [0.5, 0.6) is 0 Å². The van der Waals surface area contributed by atoms with Crippen LogP contribution in [-0.2, 0) is 0 Å². The van der Waals surface area contributed by atoms with Gasteiger partial charge in [-0.15, -0.1) is 0 Å². The van der Waals surface area contributed by atoms with Crippen LogP contribution in [-0.4, -0.2) is 11.1 Å². The normalized spacial score (nSPS) is 12.5. The fraction of sp³-hybridized carbons (Fsp3) is 0.300. The maximum absolute atomic E-state index is 10.8. The smallest absolute Gasteiger partial charge is 0.336 e. The number of nitrogens with two attached hydrogens (primary N) is 1. The number of benzene rings is 1. The highest BCUT2D eigenvalue weighted by Gasteiger charge is 2.12. The van der Waals surface area contributed by atoms with Crippen molar-refractivity contribution in [3.8, 4) is 0 Å². The Bertz CT molecular complexity index is 332. The highest BCUT2D eigenvalue weighted by molar-refractivity contribution is 5.89. The molecule has 0 saturated heterocycles. The Morgan fingerprint density at radius 3 is 2.62 bits per heavy atom. The van der Waals surface area contributed by atoms with E-state index in [-0.39, 0.29) is 6.04 Å². The van der Waals surface area contributed by atoms with E-state index in [9.17, 15) is 4.79 Å². The average Bonchev–Trinajstić information content (AvgIpc) is 2.03. The minimum absolute atomic E-state index is 0.244. The molecule has 1 aromatic rings. The van der Waals surface area contributed by atoms with Crippen LogP contribution in [0.1, 0.15) is 34.5 Å². The Hall–Kier alpha value is -1.35. The molecule has 1 rings (SSSR count). The molecule has 0 amide bonds. The quantitative estimate of drug-likeness (QED) is 0.726. The third-order valence-electron chi connectivity index (χ3n) is 1.93. The van der Waals surface area contributed by atoms with Gasteiger partial charge in [0, 0.05) is 6.04 Å². The van der Waals surface area contributed by atoms with Gasteiger partial charge in [-0.3, -0.25) is 0 Å². The Labute approximate surface area is 77.2 Å².